The van der Waals surface area contributed by atoms with Crippen molar-refractivity contribution in [2.24, 2.45) is 0 Å². The Morgan fingerprint density at radius 3 is 2.63 bits per heavy atom. The first-order valence-corrected chi connectivity index (χ1v) is 6.82. The molecule has 0 saturated heterocycles. The molecule has 4 heteroatoms. The SMILES string of the molecule is CCNCc1ccc(OCCCN(C)C)c(OC)c1. The fraction of sp³-hybridized carbons (Fsp3) is 0.600. The maximum Gasteiger partial charge on any atom is 0.161 e. The predicted molar refractivity (Wildman–Crippen MR) is 79.0 cm³/mol. The number of ether oxygens (including phenoxy) is 2. The molecule has 0 unspecified atom stereocenters. The van der Waals surface area contributed by atoms with Crippen molar-refractivity contribution in [1.82, 2.24) is 10.2 Å². The molecule has 0 aliphatic heterocycles. The minimum absolute atomic E-state index is 0.709. The first-order valence-electron chi connectivity index (χ1n) is 6.82. The van der Waals surface area contributed by atoms with Gasteiger partial charge in [-0.25, -0.2) is 0 Å². The van der Waals surface area contributed by atoms with E-state index in [1.165, 1.54) is 5.56 Å². The van der Waals surface area contributed by atoms with Crippen LogP contribution in [0.3, 0.4) is 0 Å². The van der Waals surface area contributed by atoms with Crippen LogP contribution in [0.15, 0.2) is 18.2 Å². The highest BCUT2D eigenvalue weighted by atomic mass is 16.5. The van der Waals surface area contributed by atoms with Crippen LogP contribution in [0.4, 0.5) is 0 Å². The maximum absolute atomic E-state index is 5.77. The van der Waals surface area contributed by atoms with Gasteiger partial charge in [-0.3, -0.25) is 0 Å². The Bertz CT molecular complexity index is 367. The summed E-state index contributed by atoms with van der Waals surface area (Å²) in [5.41, 5.74) is 1.21. The molecular weight excluding hydrogens is 240 g/mol. The molecule has 0 atom stereocenters. The maximum atomic E-state index is 5.77. The van der Waals surface area contributed by atoms with Crippen LogP contribution in [0.1, 0.15) is 18.9 Å². The van der Waals surface area contributed by atoms with E-state index in [1.807, 2.05) is 12.1 Å². The summed E-state index contributed by atoms with van der Waals surface area (Å²) in [5.74, 6) is 1.63. The predicted octanol–water partition coefficient (Wildman–Crippen LogP) is 2.14. The van der Waals surface area contributed by atoms with Gasteiger partial charge in [-0.2, -0.15) is 0 Å². The molecule has 1 aromatic rings. The third-order valence-electron chi connectivity index (χ3n) is 2.81. The van der Waals surface area contributed by atoms with Gasteiger partial charge in [-0.05, 0) is 44.8 Å². The summed E-state index contributed by atoms with van der Waals surface area (Å²) < 4.78 is 11.1. The quantitative estimate of drug-likeness (QED) is 0.694. The Morgan fingerprint density at radius 2 is 2.00 bits per heavy atom. The molecule has 108 valence electrons. The van der Waals surface area contributed by atoms with E-state index in [4.69, 9.17) is 9.47 Å². The van der Waals surface area contributed by atoms with Crippen LogP contribution in [0, 0.1) is 0 Å². The first kappa shape index (κ1) is 15.8. The van der Waals surface area contributed by atoms with Crippen LogP contribution >= 0.6 is 0 Å². The van der Waals surface area contributed by atoms with Crippen LogP contribution in [0.2, 0.25) is 0 Å². The van der Waals surface area contributed by atoms with Gasteiger partial charge in [0.2, 0.25) is 0 Å². The summed E-state index contributed by atoms with van der Waals surface area (Å²) in [4.78, 5) is 2.15. The lowest BCUT2D eigenvalue weighted by atomic mass is 10.2. The molecule has 4 nitrogen and oxygen atoms in total. The molecule has 19 heavy (non-hydrogen) atoms. The molecule has 0 amide bonds. The van der Waals surface area contributed by atoms with Gasteiger partial charge in [-0.1, -0.05) is 13.0 Å². The summed E-state index contributed by atoms with van der Waals surface area (Å²) in [6.45, 7) is 5.65. The van der Waals surface area contributed by atoms with Crippen molar-refractivity contribution in [3.05, 3.63) is 23.8 Å². The molecule has 0 aliphatic carbocycles. The topological polar surface area (TPSA) is 33.7 Å². The first-order chi connectivity index (χ1) is 9.17. The highest BCUT2D eigenvalue weighted by Crippen LogP contribution is 2.28. The number of hydrogen-bond acceptors (Lipinski definition) is 4. The Hall–Kier alpha value is -1.26. The molecule has 1 N–H and O–H groups in total. The van der Waals surface area contributed by atoms with Crippen LogP contribution in [-0.4, -0.2) is 45.8 Å². The van der Waals surface area contributed by atoms with Crippen molar-refractivity contribution in [2.75, 3.05) is 40.9 Å². The number of rotatable bonds is 9. The third-order valence-corrected chi connectivity index (χ3v) is 2.81. The van der Waals surface area contributed by atoms with E-state index in [-0.39, 0.29) is 0 Å². The van der Waals surface area contributed by atoms with Gasteiger partial charge in [0.1, 0.15) is 0 Å². The van der Waals surface area contributed by atoms with E-state index in [0.717, 1.165) is 37.6 Å². The normalized spacial score (nSPS) is 10.8. The van der Waals surface area contributed by atoms with Crippen LogP contribution in [0.5, 0.6) is 11.5 Å². The third kappa shape index (κ3) is 5.94. The van der Waals surface area contributed by atoms with Gasteiger partial charge in [0.15, 0.2) is 11.5 Å². The standard InChI is InChI=1S/C15H26N2O2/c1-5-16-12-13-7-8-14(15(11-13)18-4)19-10-6-9-17(2)3/h7-8,11,16H,5-6,9-10,12H2,1-4H3. The molecule has 1 rings (SSSR count). The monoisotopic (exact) mass is 266 g/mol. The van der Waals surface area contributed by atoms with E-state index >= 15 is 0 Å². The number of benzene rings is 1. The lowest BCUT2D eigenvalue weighted by molar-refractivity contribution is 0.268. The molecule has 0 spiro atoms. The highest BCUT2D eigenvalue weighted by Gasteiger charge is 2.05. The van der Waals surface area contributed by atoms with E-state index in [9.17, 15) is 0 Å². The molecule has 0 heterocycles. The Morgan fingerprint density at radius 1 is 1.21 bits per heavy atom. The van der Waals surface area contributed by atoms with Gasteiger partial charge in [0.05, 0.1) is 13.7 Å². The number of hydrogen-bond donors (Lipinski definition) is 1. The fourth-order valence-electron chi connectivity index (χ4n) is 1.77. The minimum Gasteiger partial charge on any atom is -0.493 e. The van der Waals surface area contributed by atoms with Crippen molar-refractivity contribution in [2.45, 2.75) is 19.9 Å². The molecule has 0 radical (unpaired) electrons. The van der Waals surface area contributed by atoms with E-state index < -0.39 is 0 Å². The van der Waals surface area contributed by atoms with Crippen LogP contribution < -0.4 is 14.8 Å². The van der Waals surface area contributed by atoms with Crippen LogP contribution in [-0.2, 0) is 6.54 Å². The molecule has 0 fully saturated rings. The molecule has 0 saturated carbocycles. The summed E-state index contributed by atoms with van der Waals surface area (Å²) in [5, 5.41) is 3.30. The van der Waals surface area contributed by atoms with Gasteiger partial charge in [0.25, 0.3) is 0 Å². The summed E-state index contributed by atoms with van der Waals surface area (Å²) in [7, 11) is 5.81. The summed E-state index contributed by atoms with van der Waals surface area (Å²) in [6, 6.07) is 6.09. The van der Waals surface area contributed by atoms with E-state index in [1.54, 1.807) is 7.11 Å². The van der Waals surface area contributed by atoms with Gasteiger partial charge in [-0.15, -0.1) is 0 Å². The Balaban J connectivity index is 2.52. The zero-order valence-corrected chi connectivity index (χ0v) is 12.5. The molecule has 1 aromatic carbocycles. The molecular formula is C15H26N2O2. The lowest BCUT2D eigenvalue weighted by Crippen LogP contribution is -2.15. The minimum atomic E-state index is 0.709. The smallest absolute Gasteiger partial charge is 0.161 e. The van der Waals surface area contributed by atoms with E-state index in [0.29, 0.717) is 6.61 Å². The Kier molecular flexibility index (Phi) is 7.30. The molecule has 0 aromatic heterocycles. The average molecular weight is 266 g/mol. The zero-order chi connectivity index (χ0) is 14.1. The number of nitrogens with one attached hydrogen (secondary N) is 1. The largest absolute Gasteiger partial charge is 0.493 e. The number of methoxy groups -OCH3 is 1. The van der Waals surface area contributed by atoms with Gasteiger partial charge >= 0.3 is 0 Å². The van der Waals surface area contributed by atoms with Crippen molar-refractivity contribution >= 4 is 0 Å². The lowest BCUT2D eigenvalue weighted by Gasteiger charge is -2.13. The van der Waals surface area contributed by atoms with Crippen molar-refractivity contribution in [1.29, 1.82) is 0 Å². The molecule has 0 bridgehead atoms. The zero-order valence-electron chi connectivity index (χ0n) is 12.5. The second kappa shape index (κ2) is 8.77. The van der Waals surface area contributed by atoms with E-state index in [2.05, 4.69) is 37.3 Å². The van der Waals surface area contributed by atoms with Crippen molar-refractivity contribution in [3.8, 4) is 11.5 Å². The van der Waals surface area contributed by atoms with Gasteiger partial charge < -0.3 is 19.7 Å². The summed E-state index contributed by atoms with van der Waals surface area (Å²) in [6.07, 6.45) is 1.01. The fourth-order valence-corrected chi connectivity index (χ4v) is 1.77. The molecule has 0 aliphatic rings. The van der Waals surface area contributed by atoms with Crippen LogP contribution in [0.25, 0.3) is 0 Å². The number of nitrogens with zero attached hydrogens (tertiary/aromatic N) is 1. The van der Waals surface area contributed by atoms with Gasteiger partial charge in [0, 0.05) is 13.1 Å². The van der Waals surface area contributed by atoms with Crippen molar-refractivity contribution < 1.29 is 9.47 Å². The second-order valence-corrected chi connectivity index (χ2v) is 4.77. The second-order valence-electron chi connectivity index (χ2n) is 4.77. The average Bonchev–Trinajstić information content (AvgIpc) is 2.41. The summed E-state index contributed by atoms with van der Waals surface area (Å²) >= 11 is 0. The highest BCUT2D eigenvalue weighted by molar-refractivity contribution is 5.42. The Labute approximate surface area is 116 Å². The van der Waals surface area contributed by atoms with Crippen molar-refractivity contribution in [3.63, 3.8) is 0 Å².